The molecule has 10 heteroatoms. The molecule has 3 rings (SSSR count). The van der Waals surface area contributed by atoms with Gasteiger partial charge in [-0.05, 0) is 42.5 Å². The van der Waals surface area contributed by atoms with Gasteiger partial charge in [0, 0.05) is 36.0 Å². The van der Waals surface area contributed by atoms with Crippen LogP contribution in [0.3, 0.4) is 0 Å². The molecule has 0 atom stereocenters. The van der Waals surface area contributed by atoms with Gasteiger partial charge in [-0.15, -0.1) is 0 Å². The van der Waals surface area contributed by atoms with E-state index in [9.17, 15) is 25.3 Å². The quantitative estimate of drug-likeness (QED) is 0.260. The second-order valence-corrected chi connectivity index (χ2v) is 5.75. The zero-order valence-corrected chi connectivity index (χ0v) is 14.7. The molecule has 10 nitrogen and oxygen atoms in total. The summed E-state index contributed by atoms with van der Waals surface area (Å²) in [5, 5.41) is 39.4. The average Bonchev–Trinajstić information content (AvgIpc) is 2.72. The van der Waals surface area contributed by atoms with Crippen molar-refractivity contribution in [3.8, 4) is 5.75 Å². The van der Waals surface area contributed by atoms with E-state index < -0.39 is 9.85 Å². The van der Waals surface area contributed by atoms with Crippen LogP contribution < -0.4 is 0 Å². The molecule has 3 aromatic carbocycles. The Labute approximate surface area is 163 Å². The fraction of sp³-hybridized carbons (Fsp3) is 0. The van der Waals surface area contributed by atoms with Crippen molar-refractivity contribution in [3.05, 3.63) is 92.5 Å². The third-order valence-corrected chi connectivity index (χ3v) is 3.77. The Morgan fingerprint density at radius 2 is 1.21 bits per heavy atom. The molecule has 0 heterocycles. The lowest BCUT2D eigenvalue weighted by Gasteiger charge is -2.00. The number of rotatable bonds is 6. The Balaban J connectivity index is 1.76. The van der Waals surface area contributed by atoms with Gasteiger partial charge in [0.05, 0.1) is 26.9 Å². The number of azo groups is 1. The third-order valence-electron chi connectivity index (χ3n) is 3.77. The van der Waals surface area contributed by atoms with E-state index in [4.69, 9.17) is 0 Å². The van der Waals surface area contributed by atoms with Gasteiger partial charge in [-0.1, -0.05) is 0 Å². The topological polar surface area (TPSA) is 144 Å². The van der Waals surface area contributed by atoms with E-state index in [0.29, 0.717) is 22.6 Å². The number of hydrogen-bond donors (Lipinski definition) is 1. The number of non-ortho nitro benzene ring substituents is 2. The molecule has 0 aliphatic rings. The number of nitro groups is 2. The summed E-state index contributed by atoms with van der Waals surface area (Å²) in [7, 11) is 0. The number of phenolic OH excluding ortho intramolecular Hbond substituents is 1. The highest BCUT2D eigenvalue weighted by Gasteiger charge is 2.05. The van der Waals surface area contributed by atoms with Crippen LogP contribution in [0.5, 0.6) is 5.75 Å². The van der Waals surface area contributed by atoms with Gasteiger partial charge in [-0.3, -0.25) is 25.2 Å². The van der Waals surface area contributed by atoms with Crippen molar-refractivity contribution >= 4 is 34.7 Å². The smallest absolute Gasteiger partial charge is 0.269 e. The van der Waals surface area contributed by atoms with Crippen molar-refractivity contribution in [3.63, 3.8) is 0 Å². The Bertz CT molecular complexity index is 1110. The summed E-state index contributed by atoms with van der Waals surface area (Å²) < 4.78 is 0. The SMILES string of the molecule is O=[N+]([O-])c1ccc(N=Cc2cc(N=Nc3ccc([N+](=O)[O-])cc3)ccc2O)cc1. The molecule has 0 radical (unpaired) electrons. The molecule has 3 aromatic rings. The van der Waals surface area contributed by atoms with Crippen molar-refractivity contribution in [1.82, 2.24) is 0 Å². The molecule has 0 aromatic heterocycles. The van der Waals surface area contributed by atoms with Gasteiger partial charge < -0.3 is 5.11 Å². The summed E-state index contributed by atoms with van der Waals surface area (Å²) >= 11 is 0. The maximum atomic E-state index is 10.7. The predicted molar refractivity (Wildman–Crippen MR) is 106 cm³/mol. The maximum Gasteiger partial charge on any atom is 0.269 e. The lowest BCUT2D eigenvalue weighted by atomic mass is 10.2. The second kappa shape index (κ2) is 8.48. The number of aromatic hydroxyl groups is 1. The fourth-order valence-corrected chi connectivity index (χ4v) is 2.27. The van der Waals surface area contributed by atoms with E-state index in [0.717, 1.165) is 0 Å². The first-order valence-corrected chi connectivity index (χ1v) is 8.20. The first kappa shape index (κ1) is 19.3. The van der Waals surface area contributed by atoms with Crippen LogP contribution >= 0.6 is 0 Å². The van der Waals surface area contributed by atoms with Gasteiger partial charge in [0.1, 0.15) is 5.75 Å². The van der Waals surface area contributed by atoms with Gasteiger partial charge in [-0.2, -0.15) is 10.2 Å². The highest BCUT2D eigenvalue weighted by molar-refractivity contribution is 5.86. The summed E-state index contributed by atoms with van der Waals surface area (Å²) in [5.74, 6) is -0.0232. The number of phenols is 1. The Kier molecular flexibility index (Phi) is 5.64. The number of nitro benzene ring substituents is 2. The molecule has 1 N–H and O–H groups in total. The second-order valence-electron chi connectivity index (χ2n) is 5.75. The van der Waals surface area contributed by atoms with Crippen LogP contribution in [0, 0.1) is 20.2 Å². The summed E-state index contributed by atoms with van der Waals surface area (Å²) in [6.07, 6.45) is 1.40. The lowest BCUT2D eigenvalue weighted by molar-refractivity contribution is -0.385. The van der Waals surface area contributed by atoms with Crippen molar-refractivity contribution in [1.29, 1.82) is 0 Å². The van der Waals surface area contributed by atoms with Crippen LogP contribution in [0.15, 0.2) is 82.0 Å². The average molecular weight is 391 g/mol. The third kappa shape index (κ3) is 5.04. The van der Waals surface area contributed by atoms with Crippen LogP contribution in [0.2, 0.25) is 0 Å². The summed E-state index contributed by atoms with van der Waals surface area (Å²) in [6.45, 7) is 0. The Morgan fingerprint density at radius 3 is 1.76 bits per heavy atom. The molecule has 144 valence electrons. The molecule has 0 bridgehead atoms. The molecule has 0 unspecified atom stereocenters. The largest absolute Gasteiger partial charge is 0.507 e. The number of benzene rings is 3. The molecule has 0 aliphatic carbocycles. The van der Waals surface area contributed by atoms with Crippen molar-refractivity contribution in [2.75, 3.05) is 0 Å². The van der Waals surface area contributed by atoms with Gasteiger partial charge in [-0.25, -0.2) is 0 Å². The van der Waals surface area contributed by atoms with E-state index >= 15 is 0 Å². The Hall–Kier alpha value is -4.47. The number of nitrogens with zero attached hydrogens (tertiary/aromatic N) is 5. The minimum atomic E-state index is -0.503. The molecular weight excluding hydrogens is 378 g/mol. The molecule has 0 saturated carbocycles. The van der Waals surface area contributed by atoms with E-state index in [1.165, 1.54) is 60.8 Å². The van der Waals surface area contributed by atoms with Gasteiger partial charge in [0.2, 0.25) is 0 Å². The molecule has 0 aliphatic heterocycles. The van der Waals surface area contributed by atoms with Crippen molar-refractivity contribution in [2.45, 2.75) is 0 Å². The predicted octanol–water partition coefficient (Wildman–Crippen LogP) is 5.37. The van der Waals surface area contributed by atoms with E-state index in [1.807, 2.05) is 0 Å². The van der Waals surface area contributed by atoms with E-state index in [2.05, 4.69) is 15.2 Å². The Morgan fingerprint density at radius 1 is 0.724 bits per heavy atom. The summed E-state index contributed by atoms with van der Waals surface area (Å²) in [5.41, 5.74) is 1.64. The minimum Gasteiger partial charge on any atom is -0.507 e. The normalized spacial score (nSPS) is 11.2. The van der Waals surface area contributed by atoms with Crippen LogP contribution in [0.25, 0.3) is 0 Å². The molecule has 0 saturated heterocycles. The van der Waals surface area contributed by atoms with Crippen LogP contribution in [0.1, 0.15) is 5.56 Å². The maximum absolute atomic E-state index is 10.7. The standard InChI is InChI=1S/C19H13N5O5/c25-19-10-5-16(22-21-15-3-8-18(9-4-15)24(28)29)11-13(19)12-20-14-1-6-17(7-2-14)23(26)27/h1-12,25H. The van der Waals surface area contributed by atoms with Crippen LogP contribution in [-0.2, 0) is 0 Å². The monoisotopic (exact) mass is 391 g/mol. The van der Waals surface area contributed by atoms with Crippen LogP contribution in [-0.4, -0.2) is 21.2 Å². The molecular formula is C19H13N5O5. The van der Waals surface area contributed by atoms with E-state index in [-0.39, 0.29) is 17.1 Å². The molecule has 29 heavy (non-hydrogen) atoms. The first-order chi connectivity index (χ1) is 13.9. The van der Waals surface area contributed by atoms with Crippen molar-refractivity contribution in [2.24, 2.45) is 15.2 Å². The van der Waals surface area contributed by atoms with Crippen LogP contribution in [0.4, 0.5) is 28.4 Å². The lowest BCUT2D eigenvalue weighted by Crippen LogP contribution is -1.86. The highest BCUT2D eigenvalue weighted by atomic mass is 16.6. The number of hydrogen-bond acceptors (Lipinski definition) is 8. The summed E-state index contributed by atoms with van der Waals surface area (Å²) in [6, 6.07) is 15.8. The van der Waals surface area contributed by atoms with Crippen molar-refractivity contribution < 1.29 is 15.0 Å². The summed E-state index contributed by atoms with van der Waals surface area (Å²) in [4.78, 5) is 24.5. The molecule has 0 amide bonds. The molecule has 0 spiro atoms. The zero-order valence-electron chi connectivity index (χ0n) is 14.7. The van der Waals surface area contributed by atoms with Gasteiger partial charge in [0.25, 0.3) is 11.4 Å². The first-order valence-electron chi connectivity index (χ1n) is 8.20. The molecule has 0 fully saturated rings. The fourth-order valence-electron chi connectivity index (χ4n) is 2.27. The van der Waals surface area contributed by atoms with E-state index in [1.54, 1.807) is 12.1 Å². The highest BCUT2D eigenvalue weighted by Crippen LogP contribution is 2.26. The number of aliphatic imine (C=N–C) groups is 1. The zero-order chi connectivity index (χ0) is 20.8. The van der Waals surface area contributed by atoms with Gasteiger partial charge >= 0.3 is 0 Å². The van der Waals surface area contributed by atoms with Gasteiger partial charge in [0.15, 0.2) is 0 Å². The minimum absolute atomic E-state index is 0.0232.